The van der Waals surface area contributed by atoms with Gasteiger partial charge in [-0.25, -0.2) is 0 Å². The van der Waals surface area contributed by atoms with Crippen LogP contribution >= 0.6 is 0 Å². The van der Waals surface area contributed by atoms with E-state index >= 15 is 0 Å². The molecule has 0 aliphatic heterocycles. The van der Waals surface area contributed by atoms with Crippen LogP contribution in [0.3, 0.4) is 0 Å². The summed E-state index contributed by atoms with van der Waals surface area (Å²) in [6, 6.07) is -1.84. The Labute approximate surface area is 174 Å². The molecule has 0 heterocycles. The van der Waals surface area contributed by atoms with E-state index in [1.165, 1.54) is 7.05 Å². The number of hydrogen-bond acceptors (Lipinski definition) is 7. The van der Waals surface area contributed by atoms with Crippen LogP contribution in [0.1, 0.15) is 57.8 Å². The van der Waals surface area contributed by atoms with Crippen molar-refractivity contribution in [3.63, 3.8) is 0 Å². The second-order valence-electron chi connectivity index (χ2n) is 7.24. The molecule has 0 bridgehead atoms. The van der Waals surface area contributed by atoms with Crippen molar-refractivity contribution in [2.24, 2.45) is 22.9 Å². The normalized spacial score (nSPS) is 14.0. The summed E-state index contributed by atoms with van der Waals surface area (Å²) < 4.78 is 0. The van der Waals surface area contributed by atoms with Crippen molar-refractivity contribution < 1.29 is 14.4 Å². The highest BCUT2D eigenvalue weighted by Crippen LogP contribution is 2.04. The fraction of sp³-hybridized carbons (Fsp3) is 0.842. The number of hydrogen-bond donors (Lipinski definition) is 7. The predicted octanol–water partition coefficient (Wildman–Crippen LogP) is -1.58. The molecular formula is C19H41N7O3. The van der Waals surface area contributed by atoms with Gasteiger partial charge in [0.25, 0.3) is 0 Å². The summed E-state index contributed by atoms with van der Waals surface area (Å²) in [7, 11) is 1.52. The van der Waals surface area contributed by atoms with Crippen molar-refractivity contribution in [1.82, 2.24) is 16.0 Å². The molecule has 3 amide bonds. The first-order chi connectivity index (χ1) is 13.9. The van der Waals surface area contributed by atoms with Crippen LogP contribution < -0.4 is 38.9 Å². The Bertz CT molecular complexity index is 477. The molecule has 0 spiro atoms. The van der Waals surface area contributed by atoms with Crippen molar-refractivity contribution in [1.29, 1.82) is 0 Å². The number of carbonyl (C=O) groups excluding carboxylic acids is 3. The fourth-order valence-corrected chi connectivity index (χ4v) is 2.82. The van der Waals surface area contributed by atoms with Crippen molar-refractivity contribution in [2.45, 2.75) is 75.9 Å². The summed E-state index contributed by atoms with van der Waals surface area (Å²) in [5.74, 6) is -0.785. The first kappa shape index (κ1) is 27.2. The minimum atomic E-state index is -0.659. The molecule has 0 aromatic rings. The van der Waals surface area contributed by atoms with Gasteiger partial charge in [-0.15, -0.1) is 0 Å². The molecule has 3 atom stereocenters. The lowest BCUT2D eigenvalue weighted by molar-refractivity contribution is -0.129. The molecule has 29 heavy (non-hydrogen) atoms. The van der Waals surface area contributed by atoms with Gasteiger partial charge in [-0.1, -0.05) is 12.8 Å². The maximum Gasteiger partial charge on any atom is 0.242 e. The second kappa shape index (κ2) is 17.1. The predicted molar refractivity (Wildman–Crippen MR) is 115 cm³/mol. The Balaban J connectivity index is 4.22. The smallest absolute Gasteiger partial charge is 0.242 e. The van der Waals surface area contributed by atoms with Crippen LogP contribution in [0.2, 0.25) is 0 Å². The average molecular weight is 416 g/mol. The fourth-order valence-electron chi connectivity index (χ4n) is 2.82. The quantitative estimate of drug-likeness (QED) is 0.139. The third-order valence-electron chi connectivity index (χ3n) is 4.71. The molecule has 0 aromatic heterocycles. The molecule has 0 rings (SSSR count). The van der Waals surface area contributed by atoms with Crippen LogP contribution in [0.4, 0.5) is 0 Å². The molecule has 11 N–H and O–H groups in total. The van der Waals surface area contributed by atoms with E-state index in [9.17, 15) is 14.4 Å². The number of unbranched alkanes of at least 4 members (excludes halogenated alkanes) is 3. The minimum absolute atomic E-state index is 0.179. The topological polar surface area (TPSA) is 191 Å². The van der Waals surface area contributed by atoms with Gasteiger partial charge in [-0.05, 0) is 58.0 Å². The number of likely N-dealkylation sites (N-methyl/N-ethyl adjacent to an activating group) is 1. The Morgan fingerprint density at radius 3 is 1.76 bits per heavy atom. The minimum Gasteiger partial charge on any atom is -0.357 e. The highest BCUT2D eigenvalue weighted by Gasteiger charge is 2.22. The third kappa shape index (κ3) is 13.2. The van der Waals surface area contributed by atoms with Gasteiger partial charge in [0.1, 0.15) is 6.04 Å². The van der Waals surface area contributed by atoms with Crippen LogP contribution in [0, 0.1) is 0 Å². The number of carbonyl (C=O) groups is 3. The van der Waals surface area contributed by atoms with E-state index in [0.717, 1.165) is 25.7 Å². The van der Waals surface area contributed by atoms with Gasteiger partial charge < -0.3 is 38.9 Å². The third-order valence-corrected chi connectivity index (χ3v) is 4.71. The highest BCUT2D eigenvalue weighted by atomic mass is 16.2. The van der Waals surface area contributed by atoms with Gasteiger partial charge in [-0.3, -0.25) is 14.4 Å². The standard InChI is InChI=1S/C19H41N7O3/c1-24-19(29)16(26-18(28)15(23)9-3-6-12-21)10-4-7-13-25-17(27)14(22)8-2-5-11-20/h14-16H,2-13,20-23H2,1H3,(H,24,29)(H,25,27)(H,26,28). The molecule has 0 fully saturated rings. The average Bonchev–Trinajstić information content (AvgIpc) is 2.71. The van der Waals surface area contributed by atoms with E-state index in [1.807, 2.05) is 0 Å². The largest absolute Gasteiger partial charge is 0.357 e. The van der Waals surface area contributed by atoms with Gasteiger partial charge in [0.15, 0.2) is 0 Å². The second-order valence-corrected chi connectivity index (χ2v) is 7.24. The number of nitrogens with two attached hydrogens (primary N) is 4. The molecule has 10 heteroatoms. The van der Waals surface area contributed by atoms with Crippen LogP contribution in [-0.4, -0.2) is 62.5 Å². The van der Waals surface area contributed by atoms with Crippen LogP contribution in [0.25, 0.3) is 0 Å². The summed E-state index contributed by atoms with van der Waals surface area (Å²) in [5.41, 5.74) is 22.6. The molecule has 0 radical (unpaired) electrons. The monoisotopic (exact) mass is 415 g/mol. The Morgan fingerprint density at radius 2 is 1.24 bits per heavy atom. The molecule has 170 valence electrons. The zero-order chi connectivity index (χ0) is 22.1. The lowest BCUT2D eigenvalue weighted by Gasteiger charge is -2.20. The lowest BCUT2D eigenvalue weighted by atomic mass is 10.1. The SMILES string of the molecule is CNC(=O)C(CCCCNC(=O)C(N)CCCCN)NC(=O)C(N)CCCCN. The van der Waals surface area contributed by atoms with Crippen molar-refractivity contribution >= 4 is 17.7 Å². The van der Waals surface area contributed by atoms with E-state index in [0.29, 0.717) is 51.7 Å². The molecular weight excluding hydrogens is 374 g/mol. The van der Waals surface area contributed by atoms with E-state index in [2.05, 4.69) is 16.0 Å². The van der Waals surface area contributed by atoms with Crippen molar-refractivity contribution in [2.75, 3.05) is 26.7 Å². The summed E-state index contributed by atoms with van der Waals surface area (Å²) in [6.07, 6.45) is 6.18. The van der Waals surface area contributed by atoms with E-state index in [-0.39, 0.29) is 17.7 Å². The van der Waals surface area contributed by atoms with Gasteiger partial charge in [0.05, 0.1) is 12.1 Å². The molecule has 10 nitrogen and oxygen atoms in total. The summed E-state index contributed by atoms with van der Waals surface area (Å²) in [6.45, 7) is 1.62. The zero-order valence-electron chi connectivity index (χ0n) is 17.8. The number of amides is 3. The van der Waals surface area contributed by atoms with E-state index in [4.69, 9.17) is 22.9 Å². The van der Waals surface area contributed by atoms with Crippen molar-refractivity contribution in [3.8, 4) is 0 Å². The van der Waals surface area contributed by atoms with Crippen molar-refractivity contribution in [3.05, 3.63) is 0 Å². The Kier molecular flexibility index (Phi) is 16.1. The molecule has 3 unspecified atom stereocenters. The van der Waals surface area contributed by atoms with Gasteiger partial charge >= 0.3 is 0 Å². The van der Waals surface area contributed by atoms with E-state index in [1.54, 1.807) is 0 Å². The Morgan fingerprint density at radius 1 is 0.724 bits per heavy atom. The summed E-state index contributed by atoms with van der Waals surface area (Å²) >= 11 is 0. The summed E-state index contributed by atoms with van der Waals surface area (Å²) in [4.78, 5) is 36.1. The van der Waals surface area contributed by atoms with Gasteiger partial charge in [0.2, 0.25) is 17.7 Å². The van der Waals surface area contributed by atoms with Gasteiger partial charge in [-0.2, -0.15) is 0 Å². The maximum absolute atomic E-state index is 12.2. The number of rotatable bonds is 17. The van der Waals surface area contributed by atoms with Crippen LogP contribution in [-0.2, 0) is 14.4 Å². The first-order valence-electron chi connectivity index (χ1n) is 10.6. The van der Waals surface area contributed by atoms with Crippen LogP contribution in [0.15, 0.2) is 0 Å². The molecule has 0 saturated carbocycles. The van der Waals surface area contributed by atoms with E-state index < -0.39 is 18.1 Å². The maximum atomic E-state index is 12.2. The highest BCUT2D eigenvalue weighted by molar-refractivity contribution is 5.89. The Hall–Kier alpha value is -1.75. The summed E-state index contributed by atoms with van der Waals surface area (Å²) in [5, 5.41) is 8.07. The molecule has 0 aliphatic carbocycles. The molecule has 0 saturated heterocycles. The lowest BCUT2D eigenvalue weighted by Crippen LogP contribution is -2.51. The zero-order valence-corrected chi connectivity index (χ0v) is 17.8. The first-order valence-corrected chi connectivity index (χ1v) is 10.6. The molecule has 0 aromatic carbocycles. The van der Waals surface area contributed by atoms with Gasteiger partial charge in [0, 0.05) is 13.6 Å². The molecule has 0 aliphatic rings. The van der Waals surface area contributed by atoms with Crippen LogP contribution in [0.5, 0.6) is 0 Å². The number of nitrogens with one attached hydrogen (secondary N) is 3.